The first kappa shape index (κ1) is 25.0. The highest BCUT2D eigenvalue weighted by Gasteiger charge is 2.61. The van der Waals surface area contributed by atoms with Gasteiger partial charge in [-0.1, -0.05) is 41.5 Å². The summed E-state index contributed by atoms with van der Waals surface area (Å²) >= 11 is 0. The summed E-state index contributed by atoms with van der Waals surface area (Å²) in [6.45, 7) is 24.1. The van der Waals surface area contributed by atoms with E-state index in [9.17, 15) is 4.79 Å². The van der Waals surface area contributed by atoms with Crippen LogP contribution >= 0.6 is 0 Å². The quantitative estimate of drug-likeness (QED) is 0.384. The second kappa shape index (κ2) is 8.04. The predicted molar refractivity (Wildman–Crippen MR) is 122 cm³/mol. The van der Waals surface area contributed by atoms with Crippen molar-refractivity contribution < 1.29 is 23.1 Å². The molecule has 1 saturated heterocycles. The summed E-state index contributed by atoms with van der Waals surface area (Å²) in [5.41, 5.74) is -0.523. The molecule has 29 heavy (non-hydrogen) atoms. The Morgan fingerprint density at radius 1 is 0.931 bits per heavy atom. The van der Waals surface area contributed by atoms with Crippen molar-refractivity contribution in [1.29, 1.82) is 0 Å². The molecule has 0 aromatic carbocycles. The van der Waals surface area contributed by atoms with Crippen LogP contribution in [0.2, 0.25) is 36.3 Å². The van der Waals surface area contributed by atoms with Gasteiger partial charge in [-0.3, -0.25) is 4.79 Å². The van der Waals surface area contributed by atoms with Crippen molar-refractivity contribution in [3.8, 4) is 0 Å². The van der Waals surface area contributed by atoms with Crippen molar-refractivity contribution in [2.45, 2.75) is 135 Å². The average molecular weight is 445 g/mol. The van der Waals surface area contributed by atoms with Crippen molar-refractivity contribution in [2.24, 2.45) is 0 Å². The van der Waals surface area contributed by atoms with Gasteiger partial charge in [0.25, 0.3) is 0 Å². The lowest BCUT2D eigenvalue weighted by molar-refractivity contribution is -0.201. The minimum Gasteiger partial charge on any atom is -0.436 e. The van der Waals surface area contributed by atoms with Gasteiger partial charge in [-0.25, -0.2) is 0 Å². The van der Waals surface area contributed by atoms with Gasteiger partial charge in [0.2, 0.25) is 6.29 Å². The van der Waals surface area contributed by atoms with E-state index in [1.54, 1.807) is 0 Å². The van der Waals surface area contributed by atoms with Gasteiger partial charge in [0, 0.05) is 13.3 Å². The summed E-state index contributed by atoms with van der Waals surface area (Å²) in [5.74, 6) is -0.307. The van der Waals surface area contributed by atoms with E-state index in [-0.39, 0.29) is 28.3 Å². The monoisotopic (exact) mass is 444 g/mol. The molecule has 0 aromatic rings. The Labute approximate surface area is 180 Å². The zero-order chi connectivity index (χ0) is 22.5. The minimum absolute atomic E-state index is 0.0151. The Morgan fingerprint density at radius 2 is 1.41 bits per heavy atom. The number of hydrogen-bond donors (Lipinski definition) is 0. The van der Waals surface area contributed by atoms with Crippen LogP contribution in [0.4, 0.5) is 0 Å². The second-order valence-electron chi connectivity index (χ2n) is 12.0. The molecule has 5 nitrogen and oxygen atoms in total. The van der Waals surface area contributed by atoms with Gasteiger partial charge in [-0.15, -0.1) is 0 Å². The molecule has 170 valence electrons. The molecule has 1 aliphatic carbocycles. The molecular formula is C22H44O5Si2. The Kier molecular flexibility index (Phi) is 6.95. The van der Waals surface area contributed by atoms with Crippen LogP contribution in [0.3, 0.4) is 0 Å². The first-order chi connectivity index (χ1) is 12.9. The number of hydrogen-bond acceptors (Lipinski definition) is 5. The molecule has 4 atom stereocenters. The smallest absolute Gasteiger partial charge is 0.304 e. The molecule has 0 N–H and O–H groups in total. The molecular weight excluding hydrogens is 400 g/mol. The third-order valence-electron chi connectivity index (χ3n) is 7.66. The maximum Gasteiger partial charge on any atom is 0.304 e. The van der Waals surface area contributed by atoms with Crippen molar-refractivity contribution in [3.05, 3.63) is 0 Å². The van der Waals surface area contributed by atoms with E-state index in [2.05, 4.69) is 67.7 Å². The van der Waals surface area contributed by atoms with E-state index in [4.69, 9.17) is 18.3 Å². The maximum absolute atomic E-state index is 11.6. The molecule has 0 radical (unpaired) electrons. The number of carbonyl (C=O) groups is 1. The van der Waals surface area contributed by atoms with E-state index in [1.807, 2.05) is 0 Å². The fraction of sp³-hybridized carbons (Fsp3) is 0.955. The van der Waals surface area contributed by atoms with Crippen LogP contribution in [0.1, 0.15) is 74.1 Å². The molecule has 1 heterocycles. The van der Waals surface area contributed by atoms with Gasteiger partial charge in [-0.05, 0) is 55.5 Å². The highest BCUT2D eigenvalue weighted by atomic mass is 28.4. The molecule has 2 aliphatic rings. The van der Waals surface area contributed by atoms with Crippen molar-refractivity contribution in [2.75, 3.05) is 0 Å². The van der Waals surface area contributed by atoms with Crippen LogP contribution < -0.4 is 0 Å². The predicted octanol–water partition coefficient (Wildman–Crippen LogP) is 6.00. The lowest BCUT2D eigenvalue weighted by Gasteiger charge is -2.46. The first-order valence-corrected chi connectivity index (χ1v) is 16.9. The summed E-state index contributed by atoms with van der Waals surface area (Å²) in [6, 6.07) is 0. The molecule has 7 heteroatoms. The van der Waals surface area contributed by atoms with Gasteiger partial charge < -0.3 is 18.3 Å². The van der Waals surface area contributed by atoms with E-state index in [0.717, 1.165) is 19.3 Å². The highest BCUT2D eigenvalue weighted by Crippen LogP contribution is 2.51. The maximum atomic E-state index is 11.6. The fourth-order valence-corrected chi connectivity index (χ4v) is 6.59. The number of ether oxygens (including phenoxy) is 2. The van der Waals surface area contributed by atoms with E-state index < -0.39 is 28.5 Å². The lowest BCUT2D eigenvalue weighted by atomic mass is 9.93. The summed E-state index contributed by atoms with van der Waals surface area (Å²) in [4.78, 5) is 11.6. The number of rotatable bonds is 5. The van der Waals surface area contributed by atoms with Crippen LogP contribution in [-0.2, 0) is 23.1 Å². The summed E-state index contributed by atoms with van der Waals surface area (Å²) in [6.07, 6.45) is 2.82. The van der Waals surface area contributed by atoms with Crippen LogP contribution in [0, 0.1) is 0 Å². The molecule has 1 aliphatic heterocycles. The third kappa shape index (κ3) is 5.17. The zero-order valence-corrected chi connectivity index (χ0v) is 22.6. The van der Waals surface area contributed by atoms with Crippen LogP contribution in [0.25, 0.3) is 0 Å². The molecule has 1 saturated carbocycles. The normalized spacial score (nSPS) is 31.5. The number of esters is 1. The Bertz CT molecular complexity index is 605. The van der Waals surface area contributed by atoms with Crippen molar-refractivity contribution in [1.82, 2.24) is 0 Å². The molecule has 1 spiro atoms. The SMILES string of the molecule is CC(=O)OC1C[C@H](O[Si](C)(C)C(C)(C)C)[C@]2(CCC[C@@H]2O[Si](C)(C)C(C)(C)C)O1. The van der Waals surface area contributed by atoms with Crippen LogP contribution in [0.5, 0.6) is 0 Å². The Hall–Kier alpha value is -0.216. The van der Waals surface area contributed by atoms with Crippen molar-refractivity contribution in [3.63, 3.8) is 0 Å². The zero-order valence-electron chi connectivity index (χ0n) is 20.6. The van der Waals surface area contributed by atoms with Gasteiger partial charge in [0.15, 0.2) is 16.6 Å². The van der Waals surface area contributed by atoms with Gasteiger partial charge in [0.05, 0.1) is 12.2 Å². The number of carbonyl (C=O) groups excluding carboxylic acids is 1. The molecule has 0 bridgehead atoms. The largest absolute Gasteiger partial charge is 0.436 e. The Balaban J connectivity index is 2.36. The molecule has 0 aromatic heterocycles. The van der Waals surface area contributed by atoms with Gasteiger partial charge in [-0.2, -0.15) is 0 Å². The van der Waals surface area contributed by atoms with Crippen LogP contribution in [-0.4, -0.2) is 46.7 Å². The van der Waals surface area contributed by atoms with Crippen molar-refractivity contribution >= 4 is 22.6 Å². The molecule has 0 amide bonds. The van der Waals surface area contributed by atoms with E-state index >= 15 is 0 Å². The molecule has 2 rings (SSSR count). The summed E-state index contributed by atoms with van der Waals surface area (Å²) in [7, 11) is -4.00. The average Bonchev–Trinajstić information content (AvgIpc) is 3.00. The molecule has 1 unspecified atom stereocenters. The topological polar surface area (TPSA) is 54.0 Å². The third-order valence-corrected chi connectivity index (χ3v) is 16.6. The fourth-order valence-electron chi connectivity index (χ4n) is 3.84. The van der Waals surface area contributed by atoms with Gasteiger partial charge in [0.1, 0.15) is 5.60 Å². The Morgan fingerprint density at radius 3 is 1.86 bits per heavy atom. The van der Waals surface area contributed by atoms with E-state index in [1.165, 1.54) is 6.92 Å². The lowest BCUT2D eigenvalue weighted by Crippen LogP contribution is -2.57. The summed E-state index contributed by atoms with van der Waals surface area (Å²) < 4.78 is 25.8. The first-order valence-electron chi connectivity index (χ1n) is 11.1. The molecule has 2 fully saturated rings. The minimum atomic E-state index is -2.02. The second-order valence-corrected chi connectivity index (χ2v) is 21.5. The standard InChI is InChI=1S/C22H44O5Si2/c1-16(23)24-19-15-18(27-29(10,11)21(5,6)7)22(25-19)14-12-13-17(22)26-28(8,9)20(2,3)4/h17-19H,12-15H2,1-11H3/t17-,18-,19?,22+/m0/s1. The van der Waals surface area contributed by atoms with Crippen LogP contribution in [0.15, 0.2) is 0 Å². The van der Waals surface area contributed by atoms with E-state index in [0.29, 0.717) is 6.42 Å². The highest BCUT2D eigenvalue weighted by molar-refractivity contribution is 6.74. The van der Waals surface area contributed by atoms with Gasteiger partial charge >= 0.3 is 5.97 Å². The summed E-state index contributed by atoms with van der Waals surface area (Å²) in [5, 5.41) is 0.225.